The van der Waals surface area contributed by atoms with Crippen LogP contribution >= 0.6 is 0 Å². The lowest BCUT2D eigenvalue weighted by molar-refractivity contribution is 0.0739. The number of nitrogens with one attached hydrogen (secondary N) is 4. The molecule has 4 rings (SSSR count). The third-order valence-corrected chi connectivity index (χ3v) is 5.60. The Labute approximate surface area is 200 Å². The highest BCUT2D eigenvalue weighted by molar-refractivity contribution is 6.00. The zero-order valence-corrected chi connectivity index (χ0v) is 20.1. The summed E-state index contributed by atoms with van der Waals surface area (Å²) in [5, 5.41) is 23.3. The highest BCUT2D eigenvalue weighted by Gasteiger charge is 2.19. The van der Waals surface area contributed by atoms with Crippen molar-refractivity contribution >= 4 is 28.8 Å². The number of carbonyl (C=O) groups excluding carboxylic acids is 1. The summed E-state index contributed by atoms with van der Waals surface area (Å²) in [6.07, 6.45) is 4.19. The first kappa shape index (κ1) is 23.7. The maximum atomic E-state index is 12.9. The van der Waals surface area contributed by atoms with E-state index in [1.807, 2.05) is 26.0 Å². The van der Waals surface area contributed by atoms with Crippen molar-refractivity contribution in [2.24, 2.45) is 0 Å². The summed E-state index contributed by atoms with van der Waals surface area (Å²) in [5.74, 6) is 0.406. The largest absolute Gasteiger partial charge is 0.384 e. The lowest BCUT2D eigenvalue weighted by atomic mass is 10.0. The maximum absolute atomic E-state index is 12.9. The van der Waals surface area contributed by atoms with Crippen LogP contribution in [0.3, 0.4) is 0 Å². The Hall–Kier alpha value is -3.49. The van der Waals surface area contributed by atoms with E-state index in [-0.39, 0.29) is 11.9 Å². The molecule has 8 nitrogen and oxygen atoms in total. The van der Waals surface area contributed by atoms with Crippen LogP contribution in [0.5, 0.6) is 0 Å². The van der Waals surface area contributed by atoms with Gasteiger partial charge in [0, 0.05) is 42.4 Å². The average Bonchev–Trinajstić information content (AvgIpc) is 2.78. The molecule has 1 aliphatic rings. The van der Waals surface area contributed by atoms with Crippen molar-refractivity contribution in [2.45, 2.75) is 52.3 Å². The van der Waals surface area contributed by atoms with Crippen LogP contribution in [0.25, 0.3) is 0 Å². The summed E-state index contributed by atoms with van der Waals surface area (Å²) in [4.78, 5) is 21.6. The maximum Gasteiger partial charge on any atom is 0.255 e. The second-order valence-electron chi connectivity index (χ2n) is 9.39. The van der Waals surface area contributed by atoms with Crippen molar-refractivity contribution in [3.8, 4) is 0 Å². The molecule has 178 valence electrons. The van der Waals surface area contributed by atoms with E-state index in [4.69, 9.17) is 0 Å². The summed E-state index contributed by atoms with van der Waals surface area (Å²) in [6.45, 7) is 9.06. The first-order chi connectivity index (χ1) is 16.2. The van der Waals surface area contributed by atoms with Gasteiger partial charge in [-0.25, -0.2) is 4.98 Å². The molecular weight excluding hydrogens is 428 g/mol. The standard InChI is InChI=1S/C26H32N6O2/c1-16(2)30-25(33)21-15-29-24(32-19-6-5-18-14-27-9-7-17(18)11-19)13-22(21)31-20-8-10-28-23(12-20)26(3,4)34/h5-6,8,10-13,15-16,27,34H,7,9,14H2,1-4H3,(H,30,33)(H2,28,29,31,32). The zero-order valence-electron chi connectivity index (χ0n) is 20.1. The van der Waals surface area contributed by atoms with Crippen LogP contribution in [0.2, 0.25) is 0 Å². The van der Waals surface area contributed by atoms with E-state index in [0.717, 1.165) is 25.2 Å². The van der Waals surface area contributed by atoms with Gasteiger partial charge in [0.25, 0.3) is 5.91 Å². The van der Waals surface area contributed by atoms with Crippen LogP contribution in [-0.4, -0.2) is 33.6 Å². The van der Waals surface area contributed by atoms with Crippen LogP contribution in [0, 0.1) is 0 Å². The number of amides is 1. The molecule has 3 heterocycles. The third kappa shape index (κ3) is 5.70. The highest BCUT2D eigenvalue weighted by Crippen LogP contribution is 2.28. The van der Waals surface area contributed by atoms with E-state index >= 15 is 0 Å². The summed E-state index contributed by atoms with van der Waals surface area (Å²) in [5.41, 5.74) is 4.78. The van der Waals surface area contributed by atoms with E-state index in [2.05, 4.69) is 43.4 Å². The molecule has 2 aromatic heterocycles. The number of aromatic nitrogens is 2. The molecule has 3 aromatic rings. The van der Waals surface area contributed by atoms with Crippen LogP contribution in [-0.2, 0) is 18.6 Å². The number of hydrogen-bond donors (Lipinski definition) is 5. The number of nitrogens with zero attached hydrogens (tertiary/aromatic N) is 2. The molecule has 0 saturated heterocycles. The summed E-state index contributed by atoms with van der Waals surface area (Å²) in [6, 6.07) is 11.7. The Morgan fingerprint density at radius 2 is 1.85 bits per heavy atom. The Balaban J connectivity index is 1.65. The normalized spacial score (nSPS) is 13.4. The quantitative estimate of drug-likeness (QED) is 0.363. The fourth-order valence-corrected chi connectivity index (χ4v) is 3.85. The van der Waals surface area contributed by atoms with Gasteiger partial charge in [0.05, 0.1) is 16.9 Å². The summed E-state index contributed by atoms with van der Waals surface area (Å²) >= 11 is 0. The Kier molecular flexibility index (Phi) is 6.81. The number of aliphatic hydroxyl groups is 1. The molecule has 8 heteroatoms. The topological polar surface area (TPSA) is 111 Å². The van der Waals surface area contributed by atoms with E-state index in [1.165, 1.54) is 11.1 Å². The minimum absolute atomic E-state index is 0.00847. The fourth-order valence-electron chi connectivity index (χ4n) is 3.85. The summed E-state index contributed by atoms with van der Waals surface area (Å²) in [7, 11) is 0. The molecule has 0 saturated carbocycles. The number of hydrogen-bond acceptors (Lipinski definition) is 7. The zero-order chi connectivity index (χ0) is 24.3. The van der Waals surface area contributed by atoms with Gasteiger partial charge in [-0.2, -0.15) is 0 Å². The Bertz CT molecular complexity index is 1190. The van der Waals surface area contributed by atoms with Crippen molar-refractivity contribution in [1.82, 2.24) is 20.6 Å². The van der Waals surface area contributed by atoms with Crippen molar-refractivity contribution in [1.29, 1.82) is 0 Å². The number of benzene rings is 1. The van der Waals surface area contributed by atoms with Gasteiger partial charge in [-0.3, -0.25) is 9.78 Å². The minimum atomic E-state index is -1.08. The molecule has 0 aliphatic carbocycles. The Morgan fingerprint density at radius 1 is 1.06 bits per heavy atom. The highest BCUT2D eigenvalue weighted by atomic mass is 16.3. The molecule has 1 aromatic carbocycles. The lowest BCUT2D eigenvalue weighted by Gasteiger charge is -2.20. The van der Waals surface area contributed by atoms with Crippen LogP contribution in [0.4, 0.5) is 22.9 Å². The molecule has 0 unspecified atom stereocenters. The predicted octanol–water partition coefficient (Wildman–Crippen LogP) is 3.98. The van der Waals surface area contributed by atoms with E-state index in [0.29, 0.717) is 28.5 Å². The second kappa shape index (κ2) is 9.79. The van der Waals surface area contributed by atoms with Gasteiger partial charge < -0.3 is 26.4 Å². The van der Waals surface area contributed by atoms with Crippen molar-refractivity contribution in [3.63, 3.8) is 0 Å². The molecule has 0 radical (unpaired) electrons. The molecule has 0 atom stereocenters. The van der Waals surface area contributed by atoms with Crippen LogP contribution in [0.15, 0.2) is 48.8 Å². The first-order valence-electron chi connectivity index (χ1n) is 11.6. The van der Waals surface area contributed by atoms with E-state index in [1.54, 1.807) is 38.4 Å². The third-order valence-electron chi connectivity index (χ3n) is 5.60. The number of carbonyl (C=O) groups is 1. The first-order valence-corrected chi connectivity index (χ1v) is 11.6. The van der Waals surface area contributed by atoms with Gasteiger partial charge >= 0.3 is 0 Å². The van der Waals surface area contributed by atoms with Gasteiger partial charge in [0.15, 0.2) is 0 Å². The molecule has 34 heavy (non-hydrogen) atoms. The van der Waals surface area contributed by atoms with Gasteiger partial charge in [-0.05, 0) is 76.1 Å². The predicted molar refractivity (Wildman–Crippen MR) is 135 cm³/mol. The number of pyridine rings is 2. The van der Waals surface area contributed by atoms with Gasteiger partial charge in [-0.1, -0.05) is 6.07 Å². The fraction of sp³-hybridized carbons (Fsp3) is 0.346. The lowest BCUT2D eigenvalue weighted by Crippen LogP contribution is -2.30. The SMILES string of the molecule is CC(C)NC(=O)c1cnc(Nc2ccc3c(c2)CCNC3)cc1Nc1ccnc(C(C)(C)O)c1. The second-order valence-corrected chi connectivity index (χ2v) is 9.39. The minimum Gasteiger partial charge on any atom is -0.384 e. The van der Waals surface area contributed by atoms with Crippen molar-refractivity contribution in [3.05, 3.63) is 71.2 Å². The van der Waals surface area contributed by atoms with Gasteiger partial charge in [-0.15, -0.1) is 0 Å². The smallest absolute Gasteiger partial charge is 0.255 e. The van der Waals surface area contributed by atoms with Crippen molar-refractivity contribution < 1.29 is 9.90 Å². The molecular formula is C26H32N6O2. The van der Waals surface area contributed by atoms with Gasteiger partial charge in [0.2, 0.25) is 0 Å². The van der Waals surface area contributed by atoms with E-state index in [9.17, 15) is 9.90 Å². The molecule has 1 aliphatic heterocycles. The molecule has 0 spiro atoms. The Morgan fingerprint density at radius 3 is 2.62 bits per heavy atom. The van der Waals surface area contributed by atoms with Crippen LogP contribution < -0.4 is 21.3 Å². The molecule has 0 bridgehead atoms. The number of rotatable bonds is 7. The summed E-state index contributed by atoms with van der Waals surface area (Å²) < 4.78 is 0. The van der Waals surface area contributed by atoms with Crippen LogP contribution in [0.1, 0.15) is 54.9 Å². The molecule has 0 fully saturated rings. The molecule has 5 N–H and O–H groups in total. The van der Waals surface area contributed by atoms with Crippen molar-refractivity contribution in [2.75, 3.05) is 17.2 Å². The molecule has 1 amide bonds. The number of fused-ring (bicyclic) bond motifs is 1. The monoisotopic (exact) mass is 460 g/mol. The van der Waals surface area contributed by atoms with Gasteiger partial charge in [0.1, 0.15) is 11.4 Å². The number of anilines is 4. The van der Waals surface area contributed by atoms with E-state index < -0.39 is 5.60 Å². The average molecular weight is 461 g/mol.